The summed E-state index contributed by atoms with van der Waals surface area (Å²) >= 11 is 0. The lowest BCUT2D eigenvalue weighted by Gasteiger charge is -2.12. The first kappa shape index (κ1) is 10.2. The highest BCUT2D eigenvalue weighted by Crippen LogP contribution is 2.20. The van der Waals surface area contributed by atoms with Crippen molar-refractivity contribution < 1.29 is 4.39 Å². The molecule has 1 aromatic rings. The molecule has 72 valence electrons. The minimum absolute atomic E-state index is 0.0223. The summed E-state index contributed by atoms with van der Waals surface area (Å²) in [6, 6.07) is 3.42. The van der Waals surface area contributed by atoms with Gasteiger partial charge in [-0.15, -0.1) is 0 Å². The van der Waals surface area contributed by atoms with Gasteiger partial charge in [-0.05, 0) is 43.0 Å². The van der Waals surface area contributed by atoms with Crippen molar-refractivity contribution in [1.29, 1.82) is 0 Å². The van der Waals surface area contributed by atoms with Crippen LogP contribution >= 0.6 is 0 Å². The Morgan fingerprint density at radius 3 is 2.54 bits per heavy atom. The van der Waals surface area contributed by atoms with E-state index in [2.05, 4.69) is 0 Å². The molecule has 0 bridgehead atoms. The van der Waals surface area contributed by atoms with E-state index < -0.39 is 0 Å². The van der Waals surface area contributed by atoms with Crippen LogP contribution in [0, 0.1) is 12.7 Å². The van der Waals surface area contributed by atoms with Crippen molar-refractivity contribution in [2.24, 2.45) is 5.73 Å². The number of hydrogen-bond donors (Lipinski definition) is 1. The second-order valence-corrected chi connectivity index (χ2v) is 3.44. The van der Waals surface area contributed by atoms with E-state index in [1.165, 1.54) is 0 Å². The zero-order valence-electron chi connectivity index (χ0n) is 8.39. The molecule has 0 spiro atoms. The van der Waals surface area contributed by atoms with Crippen LogP contribution in [-0.2, 0) is 6.42 Å². The smallest absolute Gasteiger partial charge is 0.126 e. The van der Waals surface area contributed by atoms with Crippen LogP contribution in [0.5, 0.6) is 0 Å². The van der Waals surface area contributed by atoms with Gasteiger partial charge in [0.05, 0.1) is 0 Å². The Bertz CT molecular complexity index is 305. The predicted molar refractivity (Wildman–Crippen MR) is 53.1 cm³/mol. The highest BCUT2D eigenvalue weighted by atomic mass is 19.1. The van der Waals surface area contributed by atoms with Gasteiger partial charge in [-0.3, -0.25) is 0 Å². The monoisotopic (exact) mass is 181 g/mol. The summed E-state index contributed by atoms with van der Waals surface area (Å²) in [5.74, 6) is -0.121. The average molecular weight is 181 g/mol. The lowest BCUT2D eigenvalue weighted by molar-refractivity contribution is 0.608. The molecular weight excluding hydrogens is 165 g/mol. The number of rotatable bonds is 2. The third-order valence-electron chi connectivity index (χ3n) is 2.31. The third kappa shape index (κ3) is 2.07. The Morgan fingerprint density at radius 2 is 2.08 bits per heavy atom. The summed E-state index contributed by atoms with van der Waals surface area (Å²) in [7, 11) is 0. The molecule has 1 rings (SSSR count). The molecular formula is C11H16FN. The molecule has 0 amide bonds. The number of nitrogens with two attached hydrogens (primary N) is 1. The molecule has 0 heterocycles. The van der Waals surface area contributed by atoms with Gasteiger partial charge in [-0.1, -0.05) is 13.0 Å². The molecule has 0 saturated heterocycles. The fourth-order valence-corrected chi connectivity index (χ4v) is 1.50. The van der Waals surface area contributed by atoms with Crippen molar-refractivity contribution in [1.82, 2.24) is 0 Å². The second-order valence-electron chi connectivity index (χ2n) is 3.44. The van der Waals surface area contributed by atoms with Crippen LogP contribution in [-0.4, -0.2) is 0 Å². The van der Waals surface area contributed by atoms with Crippen LogP contribution in [0.25, 0.3) is 0 Å². The predicted octanol–water partition coefficient (Wildman–Crippen LogP) is 2.72. The van der Waals surface area contributed by atoms with Crippen LogP contribution in [0.1, 0.15) is 36.6 Å². The maximum atomic E-state index is 13.3. The molecule has 0 aliphatic rings. The van der Waals surface area contributed by atoms with Crippen molar-refractivity contribution in [2.75, 3.05) is 0 Å². The molecule has 0 aliphatic carbocycles. The first-order valence-electron chi connectivity index (χ1n) is 4.60. The van der Waals surface area contributed by atoms with Crippen LogP contribution in [0.15, 0.2) is 12.1 Å². The Kier molecular flexibility index (Phi) is 3.04. The SMILES string of the molecule is CCc1cc(C(C)N)c(C)cc1F. The average Bonchev–Trinajstić information content (AvgIpc) is 2.03. The van der Waals surface area contributed by atoms with Crippen molar-refractivity contribution in [3.8, 4) is 0 Å². The highest BCUT2D eigenvalue weighted by Gasteiger charge is 2.08. The Hall–Kier alpha value is -0.890. The van der Waals surface area contributed by atoms with Gasteiger partial charge in [-0.2, -0.15) is 0 Å². The van der Waals surface area contributed by atoms with Gasteiger partial charge < -0.3 is 5.73 Å². The fourth-order valence-electron chi connectivity index (χ4n) is 1.50. The molecule has 0 fully saturated rings. The molecule has 1 unspecified atom stereocenters. The van der Waals surface area contributed by atoms with Crippen LogP contribution < -0.4 is 5.73 Å². The van der Waals surface area contributed by atoms with E-state index >= 15 is 0 Å². The van der Waals surface area contributed by atoms with Gasteiger partial charge in [0, 0.05) is 6.04 Å². The lowest BCUT2D eigenvalue weighted by atomic mass is 9.98. The van der Waals surface area contributed by atoms with Crippen molar-refractivity contribution in [2.45, 2.75) is 33.2 Å². The van der Waals surface area contributed by atoms with E-state index in [4.69, 9.17) is 5.73 Å². The van der Waals surface area contributed by atoms with Crippen LogP contribution in [0.2, 0.25) is 0 Å². The standard InChI is InChI=1S/C11H16FN/c1-4-9-6-10(8(3)13)7(2)5-11(9)12/h5-6,8H,4,13H2,1-3H3. The van der Waals surface area contributed by atoms with Gasteiger partial charge >= 0.3 is 0 Å². The summed E-state index contributed by atoms with van der Waals surface area (Å²) in [5.41, 5.74) is 8.49. The van der Waals surface area contributed by atoms with E-state index in [0.29, 0.717) is 6.42 Å². The first-order valence-corrected chi connectivity index (χ1v) is 4.60. The van der Waals surface area contributed by atoms with E-state index in [1.54, 1.807) is 6.07 Å². The van der Waals surface area contributed by atoms with Gasteiger partial charge in [0.25, 0.3) is 0 Å². The molecule has 1 atom stereocenters. The Morgan fingerprint density at radius 1 is 1.46 bits per heavy atom. The normalized spacial score (nSPS) is 13.0. The number of benzene rings is 1. The maximum absolute atomic E-state index is 13.3. The topological polar surface area (TPSA) is 26.0 Å². The van der Waals surface area contributed by atoms with E-state index in [9.17, 15) is 4.39 Å². The van der Waals surface area contributed by atoms with Crippen molar-refractivity contribution in [3.63, 3.8) is 0 Å². The highest BCUT2D eigenvalue weighted by molar-refractivity contribution is 5.34. The van der Waals surface area contributed by atoms with Crippen LogP contribution in [0.3, 0.4) is 0 Å². The zero-order valence-corrected chi connectivity index (χ0v) is 8.39. The van der Waals surface area contributed by atoms with Gasteiger partial charge in [0.1, 0.15) is 5.82 Å². The zero-order chi connectivity index (χ0) is 10.0. The molecule has 1 nitrogen and oxygen atoms in total. The molecule has 0 saturated carbocycles. The summed E-state index contributed by atoms with van der Waals surface area (Å²) in [6.07, 6.45) is 0.714. The van der Waals surface area contributed by atoms with E-state index in [-0.39, 0.29) is 11.9 Å². The summed E-state index contributed by atoms with van der Waals surface area (Å²) < 4.78 is 13.3. The van der Waals surface area contributed by atoms with Crippen molar-refractivity contribution in [3.05, 3.63) is 34.6 Å². The lowest BCUT2D eigenvalue weighted by Crippen LogP contribution is -2.08. The fraction of sp³-hybridized carbons (Fsp3) is 0.455. The number of aryl methyl sites for hydroxylation is 2. The first-order chi connectivity index (χ1) is 6.06. The maximum Gasteiger partial charge on any atom is 0.126 e. The second kappa shape index (κ2) is 3.88. The Balaban J connectivity index is 3.22. The third-order valence-corrected chi connectivity index (χ3v) is 2.31. The van der Waals surface area contributed by atoms with Gasteiger partial charge in [0.2, 0.25) is 0 Å². The van der Waals surface area contributed by atoms with Crippen molar-refractivity contribution >= 4 is 0 Å². The molecule has 13 heavy (non-hydrogen) atoms. The molecule has 2 N–H and O–H groups in total. The molecule has 1 aromatic carbocycles. The minimum atomic E-state index is -0.121. The van der Waals surface area contributed by atoms with Gasteiger partial charge in [-0.25, -0.2) is 4.39 Å². The minimum Gasteiger partial charge on any atom is -0.324 e. The molecule has 0 aliphatic heterocycles. The largest absolute Gasteiger partial charge is 0.324 e. The molecule has 0 radical (unpaired) electrons. The summed E-state index contributed by atoms with van der Waals surface area (Å²) in [4.78, 5) is 0. The number of hydrogen-bond acceptors (Lipinski definition) is 1. The van der Waals surface area contributed by atoms with E-state index in [0.717, 1.165) is 16.7 Å². The van der Waals surface area contributed by atoms with Gasteiger partial charge in [0.15, 0.2) is 0 Å². The number of halogens is 1. The summed E-state index contributed by atoms with van der Waals surface area (Å²) in [6.45, 7) is 5.75. The van der Waals surface area contributed by atoms with Crippen LogP contribution in [0.4, 0.5) is 4.39 Å². The summed E-state index contributed by atoms with van der Waals surface area (Å²) in [5, 5.41) is 0. The van der Waals surface area contributed by atoms with E-state index in [1.807, 2.05) is 26.8 Å². The Labute approximate surface area is 78.8 Å². The molecule has 0 aromatic heterocycles. The molecule has 2 heteroatoms. The quantitative estimate of drug-likeness (QED) is 0.745.